The van der Waals surface area contributed by atoms with Crippen LogP contribution in [0.5, 0.6) is 0 Å². The Morgan fingerprint density at radius 3 is 1.67 bits per heavy atom. The number of rotatable bonds is 1. The summed E-state index contributed by atoms with van der Waals surface area (Å²) in [6, 6.07) is 0. The van der Waals surface area contributed by atoms with Gasteiger partial charge in [0, 0.05) is 0 Å². The molecule has 0 aliphatic rings. The summed E-state index contributed by atoms with van der Waals surface area (Å²) in [5, 5.41) is 8.41. The quantitative estimate of drug-likeness (QED) is 0.495. The second-order valence-electron chi connectivity index (χ2n) is 1.81. The van der Waals surface area contributed by atoms with Crippen LogP contribution in [0.2, 0.25) is 0 Å². The minimum absolute atomic E-state index is 0.431. The molecule has 0 aromatic carbocycles. The summed E-state index contributed by atoms with van der Waals surface area (Å²) in [4.78, 5) is 0. The van der Waals surface area contributed by atoms with Crippen molar-refractivity contribution in [2.24, 2.45) is 0 Å². The van der Waals surface area contributed by atoms with Crippen LogP contribution in [0.25, 0.3) is 0 Å². The van der Waals surface area contributed by atoms with Gasteiger partial charge in [-0.2, -0.15) is 0 Å². The molecule has 0 aliphatic carbocycles. The fourth-order valence-corrected chi connectivity index (χ4v) is 0. The van der Waals surface area contributed by atoms with Crippen LogP contribution in [0.15, 0.2) is 0 Å². The van der Waals surface area contributed by atoms with Crippen LogP contribution in [-0.2, 0) is 0 Å². The van der Waals surface area contributed by atoms with E-state index in [-0.39, 0.29) is 0 Å². The Bertz CT molecular complexity index is 37.3. The van der Waals surface area contributed by atoms with E-state index in [0.717, 1.165) is 0 Å². The van der Waals surface area contributed by atoms with Crippen LogP contribution in [0.3, 0.4) is 0 Å². The molecule has 0 saturated carbocycles. The summed E-state index contributed by atoms with van der Waals surface area (Å²) < 4.78 is 0. The summed E-state index contributed by atoms with van der Waals surface area (Å²) in [5.41, 5.74) is 0. The first-order valence-electron chi connectivity index (χ1n) is 1.97. The molecule has 0 amide bonds. The molecular weight excluding hydrogens is 95.0 g/mol. The SMILES string of the molecule is CPC(C)(C)O. The van der Waals surface area contributed by atoms with Gasteiger partial charge < -0.3 is 5.11 Å². The molecule has 0 rings (SSSR count). The van der Waals surface area contributed by atoms with Crippen molar-refractivity contribution >= 4 is 8.58 Å². The van der Waals surface area contributed by atoms with Gasteiger partial charge in [0.25, 0.3) is 0 Å². The molecule has 1 atom stereocenters. The highest BCUT2D eigenvalue weighted by Gasteiger charge is 2.05. The summed E-state index contributed by atoms with van der Waals surface area (Å²) in [6.45, 7) is 5.61. The van der Waals surface area contributed by atoms with E-state index in [1.807, 2.05) is 20.5 Å². The maximum atomic E-state index is 8.84. The topological polar surface area (TPSA) is 20.2 Å². The molecule has 0 saturated heterocycles. The first-order chi connectivity index (χ1) is 2.56. The van der Waals surface area contributed by atoms with Crippen molar-refractivity contribution in [3.63, 3.8) is 0 Å². The third-order valence-electron chi connectivity index (χ3n) is 0.612. The van der Waals surface area contributed by atoms with Crippen LogP contribution in [-0.4, -0.2) is 17.1 Å². The van der Waals surface area contributed by atoms with Gasteiger partial charge in [0.2, 0.25) is 0 Å². The zero-order valence-corrected chi connectivity index (χ0v) is 5.45. The molecule has 0 heterocycles. The van der Waals surface area contributed by atoms with Gasteiger partial charge in [-0.05, 0) is 20.5 Å². The maximum absolute atomic E-state index is 8.84. The van der Waals surface area contributed by atoms with E-state index in [2.05, 4.69) is 0 Å². The number of hydrogen-bond donors (Lipinski definition) is 1. The molecule has 6 heavy (non-hydrogen) atoms. The fraction of sp³-hybridized carbons (Fsp3) is 1.00. The van der Waals surface area contributed by atoms with Crippen molar-refractivity contribution in [1.82, 2.24) is 0 Å². The summed E-state index contributed by atoms with van der Waals surface area (Å²) in [5.74, 6) is 0. The predicted octanol–water partition coefficient (Wildman–Crippen LogP) is 1.02. The molecule has 0 fully saturated rings. The van der Waals surface area contributed by atoms with Gasteiger partial charge in [0.15, 0.2) is 0 Å². The largest absolute Gasteiger partial charge is 0.386 e. The van der Waals surface area contributed by atoms with Crippen molar-refractivity contribution in [1.29, 1.82) is 0 Å². The Morgan fingerprint density at radius 2 is 1.67 bits per heavy atom. The molecule has 38 valence electrons. The number of hydrogen-bond acceptors (Lipinski definition) is 1. The third kappa shape index (κ3) is 4.39. The van der Waals surface area contributed by atoms with E-state index in [0.29, 0.717) is 8.58 Å². The Kier molecular flexibility index (Phi) is 2.03. The molecule has 0 spiro atoms. The Labute approximate surface area is 40.5 Å². The highest BCUT2D eigenvalue weighted by Crippen LogP contribution is 2.22. The molecular formula is C4H11OP. The molecule has 1 N–H and O–H groups in total. The smallest absolute Gasteiger partial charge is 0.0748 e. The molecule has 1 nitrogen and oxygen atoms in total. The lowest BCUT2D eigenvalue weighted by Gasteiger charge is -2.11. The van der Waals surface area contributed by atoms with Gasteiger partial charge in [0.05, 0.1) is 5.34 Å². The second kappa shape index (κ2) is 1.90. The van der Waals surface area contributed by atoms with Crippen LogP contribution in [0.1, 0.15) is 13.8 Å². The Morgan fingerprint density at radius 1 is 1.50 bits per heavy atom. The van der Waals surface area contributed by atoms with Gasteiger partial charge in [-0.1, -0.05) is 8.58 Å². The van der Waals surface area contributed by atoms with E-state index in [1.165, 1.54) is 0 Å². The molecule has 0 bridgehead atoms. The van der Waals surface area contributed by atoms with Crippen molar-refractivity contribution in [2.45, 2.75) is 19.2 Å². The average molecular weight is 106 g/mol. The van der Waals surface area contributed by atoms with Crippen LogP contribution >= 0.6 is 8.58 Å². The van der Waals surface area contributed by atoms with Crippen molar-refractivity contribution in [3.05, 3.63) is 0 Å². The summed E-state index contributed by atoms with van der Waals surface area (Å²) in [7, 11) is 0.623. The highest BCUT2D eigenvalue weighted by molar-refractivity contribution is 7.38. The van der Waals surface area contributed by atoms with E-state index in [4.69, 9.17) is 5.11 Å². The minimum atomic E-state index is -0.431. The molecule has 0 aromatic heterocycles. The predicted molar refractivity (Wildman–Crippen MR) is 30.5 cm³/mol. The van der Waals surface area contributed by atoms with E-state index >= 15 is 0 Å². The molecule has 0 aliphatic heterocycles. The van der Waals surface area contributed by atoms with Gasteiger partial charge in [-0.3, -0.25) is 0 Å². The molecule has 0 aromatic rings. The lowest BCUT2D eigenvalue weighted by molar-refractivity contribution is 0.175. The zero-order chi connectivity index (χ0) is 5.21. The normalized spacial score (nSPS) is 14.0. The Balaban J connectivity index is 3.17. The lowest BCUT2D eigenvalue weighted by Crippen LogP contribution is -2.08. The van der Waals surface area contributed by atoms with E-state index in [9.17, 15) is 0 Å². The summed E-state index contributed by atoms with van der Waals surface area (Å²) in [6.07, 6.45) is 0. The standard InChI is InChI=1S/C4H11OP/c1-4(2,5)6-3/h5-6H,1-3H3. The van der Waals surface area contributed by atoms with Crippen molar-refractivity contribution in [3.8, 4) is 0 Å². The van der Waals surface area contributed by atoms with Crippen molar-refractivity contribution < 1.29 is 5.11 Å². The Hall–Kier alpha value is 0.390. The first kappa shape index (κ1) is 6.39. The maximum Gasteiger partial charge on any atom is 0.0748 e. The van der Waals surface area contributed by atoms with E-state index in [1.54, 1.807) is 0 Å². The molecule has 0 radical (unpaired) electrons. The van der Waals surface area contributed by atoms with E-state index < -0.39 is 5.34 Å². The monoisotopic (exact) mass is 106 g/mol. The average Bonchev–Trinajstić information content (AvgIpc) is 1.35. The van der Waals surface area contributed by atoms with Gasteiger partial charge >= 0.3 is 0 Å². The summed E-state index contributed by atoms with van der Waals surface area (Å²) >= 11 is 0. The second-order valence-corrected chi connectivity index (χ2v) is 3.53. The van der Waals surface area contributed by atoms with Crippen LogP contribution in [0, 0.1) is 0 Å². The zero-order valence-electron chi connectivity index (χ0n) is 4.45. The van der Waals surface area contributed by atoms with Crippen molar-refractivity contribution in [2.75, 3.05) is 6.66 Å². The highest BCUT2D eigenvalue weighted by atomic mass is 31.1. The number of aliphatic hydroxyl groups is 1. The third-order valence-corrected chi connectivity index (χ3v) is 1.84. The van der Waals surface area contributed by atoms with Gasteiger partial charge in [0.1, 0.15) is 0 Å². The molecule has 2 heteroatoms. The fourth-order valence-electron chi connectivity index (χ4n) is 0. The molecule has 1 unspecified atom stereocenters. The van der Waals surface area contributed by atoms with Gasteiger partial charge in [-0.25, -0.2) is 0 Å². The minimum Gasteiger partial charge on any atom is -0.386 e. The van der Waals surface area contributed by atoms with Crippen LogP contribution < -0.4 is 0 Å². The first-order valence-corrected chi connectivity index (χ1v) is 3.47. The lowest BCUT2D eigenvalue weighted by atomic mass is 10.5. The van der Waals surface area contributed by atoms with Crippen LogP contribution in [0.4, 0.5) is 0 Å². The van der Waals surface area contributed by atoms with Gasteiger partial charge in [-0.15, -0.1) is 0 Å².